The van der Waals surface area contributed by atoms with Gasteiger partial charge in [0.15, 0.2) is 11.7 Å². The fourth-order valence-corrected chi connectivity index (χ4v) is 1.72. The Balaban J connectivity index is 2.10. The van der Waals surface area contributed by atoms with Gasteiger partial charge in [-0.1, -0.05) is 0 Å². The van der Waals surface area contributed by atoms with Crippen LogP contribution in [0.1, 0.15) is 5.69 Å². The molecule has 6 nitrogen and oxygen atoms in total. The van der Waals surface area contributed by atoms with Crippen molar-refractivity contribution in [3.8, 4) is 5.75 Å². The minimum Gasteiger partial charge on any atom is -0.504 e. The summed E-state index contributed by atoms with van der Waals surface area (Å²) in [5.74, 6) is 2.25. The van der Waals surface area contributed by atoms with Gasteiger partial charge in [0, 0.05) is 25.1 Å². The van der Waals surface area contributed by atoms with Crippen molar-refractivity contribution in [3.05, 3.63) is 11.9 Å². The molecule has 0 bridgehead atoms. The highest BCUT2D eigenvalue weighted by Crippen LogP contribution is 2.18. The Bertz CT molecular complexity index is 325. The molecule has 7 heteroatoms. The molecule has 0 unspecified atom stereocenters. The van der Waals surface area contributed by atoms with E-state index in [1.54, 1.807) is 18.8 Å². The molecular formula is C8H15N5OS. The number of aromatic nitrogens is 2. The lowest BCUT2D eigenvalue weighted by Crippen LogP contribution is -2.32. The van der Waals surface area contributed by atoms with Crippen molar-refractivity contribution in [2.45, 2.75) is 5.75 Å². The van der Waals surface area contributed by atoms with Gasteiger partial charge in [0.05, 0.1) is 11.9 Å². The van der Waals surface area contributed by atoms with Gasteiger partial charge in [0.1, 0.15) is 0 Å². The average molecular weight is 229 g/mol. The van der Waals surface area contributed by atoms with Crippen LogP contribution in [-0.2, 0) is 5.75 Å². The first-order valence-electron chi connectivity index (χ1n) is 4.49. The molecule has 84 valence electrons. The zero-order chi connectivity index (χ0) is 11.1. The largest absolute Gasteiger partial charge is 0.504 e. The summed E-state index contributed by atoms with van der Waals surface area (Å²) in [6, 6.07) is 0. The third-order valence-electron chi connectivity index (χ3n) is 1.74. The van der Waals surface area contributed by atoms with Crippen LogP contribution in [0.3, 0.4) is 0 Å². The second kappa shape index (κ2) is 6.18. The van der Waals surface area contributed by atoms with Crippen molar-refractivity contribution in [1.82, 2.24) is 15.5 Å². The molecule has 0 aliphatic rings. The number of nitrogens with one attached hydrogen (secondary N) is 2. The first-order chi connectivity index (χ1) is 7.24. The monoisotopic (exact) mass is 229 g/mol. The molecule has 5 N–H and O–H groups in total. The summed E-state index contributed by atoms with van der Waals surface area (Å²) < 4.78 is 0. The van der Waals surface area contributed by atoms with Crippen LogP contribution in [0.5, 0.6) is 5.75 Å². The van der Waals surface area contributed by atoms with E-state index in [1.165, 1.54) is 6.20 Å². The van der Waals surface area contributed by atoms with Crippen molar-refractivity contribution < 1.29 is 5.11 Å². The van der Waals surface area contributed by atoms with Crippen LogP contribution >= 0.6 is 11.8 Å². The van der Waals surface area contributed by atoms with Crippen molar-refractivity contribution in [2.24, 2.45) is 10.7 Å². The Morgan fingerprint density at radius 1 is 1.80 bits per heavy atom. The highest BCUT2D eigenvalue weighted by molar-refractivity contribution is 7.98. The van der Waals surface area contributed by atoms with Crippen molar-refractivity contribution >= 4 is 17.7 Å². The van der Waals surface area contributed by atoms with E-state index in [4.69, 9.17) is 5.73 Å². The lowest BCUT2D eigenvalue weighted by molar-refractivity contribution is 0.471. The number of H-pyrrole nitrogens is 1. The van der Waals surface area contributed by atoms with E-state index >= 15 is 0 Å². The van der Waals surface area contributed by atoms with Crippen LogP contribution in [0.25, 0.3) is 0 Å². The molecule has 0 aromatic carbocycles. The maximum Gasteiger partial charge on any atom is 0.188 e. The standard InChI is InChI=1S/C8H15N5OS/c1-10-8(9)11-2-3-15-5-6-7(14)4-12-13-6/h4,14H,2-3,5H2,1H3,(H,12,13)(H3,9,10,11). The third kappa shape index (κ3) is 4.11. The van der Waals surface area contributed by atoms with Gasteiger partial charge < -0.3 is 16.2 Å². The van der Waals surface area contributed by atoms with Gasteiger partial charge in [-0.3, -0.25) is 10.1 Å². The maximum atomic E-state index is 9.27. The van der Waals surface area contributed by atoms with Crippen molar-refractivity contribution in [1.29, 1.82) is 0 Å². The summed E-state index contributed by atoms with van der Waals surface area (Å²) in [5.41, 5.74) is 6.19. The first kappa shape index (κ1) is 11.7. The predicted octanol–water partition coefficient (Wildman–Crippen LogP) is -0.117. The molecule has 0 saturated carbocycles. The highest BCUT2D eigenvalue weighted by atomic mass is 32.2. The summed E-state index contributed by atoms with van der Waals surface area (Å²) in [7, 11) is 1.64. The number of aromatic hydroxyl groups is 1. The molecule has 1 heterocycles. The number of rotatable bonds is 5. The Morgan fingerprint density at radius 3 is 3.20 bits per heavy atom. The van der Waals surface area contributed by atoms with Gasteiger partial charge in [-0.25, -0.2) is 0 Å². The molecule has 0 fully saturated rings. The van der Waals surface area contributed by atoms with Crippen LogP contribution in [0.15, 0.2) is 11.2 Å². The number of nitrogens with zero attached hydrogens (tertiary/aromatic N) is 2. The van der Waals surface area contributed by atoms with E-state index < -0.39 is 0 Å². The quantitative estimate of drug-likeness (QED) is 0.320. The van der Waals surface area contributed by atoms with Crippen LogP contribution in [0.2, 0.25) is 0 Å². The van der Waals surface area contributed by atoms with E-state index in [0.29, 0.717) is 11.7 Å². The molecule has 1 rings (SSSR count). The molecule has 15 heavy (non-hydrogen) atoms. The third-order valence-corrected chi connectivity index (χ3v) is 2.72. The molecule has 0 spiro atoms. The molecular weight excluding hydrogens is 214 g/mol. The Hall–Kier alpha value is -1.37. The summed E-state index contributed by atoms with van der Waals surface area (Å²) in [6.07, 6.45) is 1.40. The Morgan fingerprint density at radius 2 is 2.60 bits per heavy atom. The van der Waals surface area contributed by atoms with Crippen molar-refractivity contribution in [3.63, 3.8) is 0 Å². The molecule has 1 aromatic rings. The number of hydrogen-bond acceptors (Lipinski definition) is 4. The number of hydrogen-bond donors (Lipinski definition) is 4. The first-order valence-corrected chi connectivity index (χ1v) is 5.64. The smallest absolute Gasteiger partial charge is 0.188 e. The summed E-state index contributed by atoms with van der Waals surface area (Å²) >= 11 is 1.67. The molecule has 0 aliphatic heterocycles. The van der Waals surface area contributed by atoms with E-state index in [2.05, 4.69) is 20.5 Å². The summed E-state index contributed by atoms with van der Waals surface area (Å²) in [5, 5.41) is 18.7. The second-order valence-corrected chi connectivity index (χ2v) is 3.93. The zero-order valence-electron chi connectivity index (χ0n) is 8.53. The number of nitrogens with two attached hydrogens (primary N) is 1. The van der Waals surface area contributed by atoms with E-state index in [-0.39, 0.29) is 5.75 Å². The lowest BCUT2D eigenvalue weighted by Gasteiger charge is -2.03. The van der Waals surface area contributed by atoms with Crippen molar-refractivity contribution in [2.75, 3.05) is 19.3 Å². The number of guanidine groups is 1. The van der Waals surface area contributed by atoms with Gasteiger partial charge in [-0.2, -0.15) is 16.9 Å². The summed E-state index contributed by atoms with van der Waals surface area (Å²) in [6.45, 7) is 0.753. The van der Waals surface area contributed by atoms with Gasteiger partial charge in [0.2, 0.25) is 0 Å². The number of aromatic amines is 1. The second-order valence-electron chi connectivity index (χ2n) is 2.82. The Labute approximate surface area is 92.4 Å². The van der Waals surface area contributed by atoms with Crippen LogP contribution in [0, 0.1) is 0 Å². The number of aliphatic imine (C=N–C) groups is 1. The topological polar surface area (TPSA) is 99.3 Å². The molecule has 0 atom stereocenters. The minimum atomic E-state index is 0.213. The van der Waals surface area contributed by atoms with Gasteiger partial charge in [-0.05, 0) is 0 Å². The normalized spacial score (nSPS) is 11.7. The summed E-state index contributed by atoms with van der Waals surface area (Å²) in [4.78, 5) is 3.77. The Kier molecular flexibility index (Phi) is 4.82. The minimum absolute atomic E-state index is 0.213. The van der Waals surface area contributed by atoms with Crippen LogP contribution < -0.4 is 11.1 Å². The van der Waals surface area contributed by atoms with Gasteiger partial charge in [-0.15, -0.1) is 0 Å². The molecule has 0 radical (unpaired) electrons. The zero-order valence-corrected chi connectivity index (χ0v) is 9.34. The van der Waals surface area contributed by atoms with E-state index in [9.17, 15) is 5.11 Å². The van der Waals surface area contributed by atoms with Gasteiger partial charge >= 0.3 is 0 Å². The SMILES string of the molecule is CN=C(N)NCCSCc1[nH]ncc1O. The average Bonchev–Trinajstić information content (AvgIpc) is 2.63. The fourth-order valence-electron chi connectivity index (χ4n) is 0.917. The van der Waals surface area contributed by atoms with Crippen LogP contribution in [-0.4, -0.2) is 40.6 Å². The fraction of sp³-hybridized carbons (Fsp3) is 0.500. The molecule has 0 saturated heterocycles. The predicted molar refractivity (Wildman–Crippen MR) is 62.0 cm³/mol. The van der Waals surface area contributed by atoms with E-state index in [1.807, 2.05) is 0 Å². The maximum absolute atomic E-state index is 9.27. The highest BCUT2D eigenvalue weighted by Gasteiger charge is 2.02. The lowest BCUT2D eigenvalue weighted by atomic mass is 10.5. The molecule has 0 aliphatic carbocycles. The van der Waals surface area contributed by atoms with Gasteiger partial charge in [0.25, 0.3) is 0 Å². The molecule has 0 amide bonds. The van der Waals surface area contributed by atoms with Crippen LogP contribution in [0.4, 0.5) is 0 Å². The number of thioether (sulfide) groups is 1. The van der Waals surface area contributed by atoms with E-state index in [0.717, 1.165) is 18.0 Å². The molecule has 1 aromatic heterocycles.